The number of rotatable bonds is 7. The summed E-state index contributed by atoms with van der Waals surface area (Å²) in [6, 6.07) is 5.09. The molecule has 0 bridgehead atoms. The van der Waals surface area contributed by atoms with E-state index in [4.69, 9.17) is 9.47 Å². The molecule has 0 amide bonds. The monoisotopic (exact) mass is 321 g/mol. The van der Waals surface area contributed by atoms with Gasteiger partial charge in [-0.2, -0.15) is 0 Å². The van der Waals surface area contributed by atoms with E-state index in [1.54, 1.807) is 25.3 Å². The van der Waals surface area contributed by atoms with Crippen molar-refractivity contribution >= 4 is 5.78 Å². The topological polar surface area (TPSA) is 59.0 Å². The number of aliphatic hydroxyl groups is 1. The first-order chi connectivity index (χ1) is 11.1. The van der Waals surface area contributed by atoms with Crippen molar-refractivity contribution < 1.29 is 19.4 Å². The third-order valence-electron chi connectivity index (χ3n) is 4.17. The minimum absolute atomic E-state index is 0.0175. The zero-order valence-electron chi connectivity index (χ0n) is 14.1. The second-order valence-electron chi connectivity index (χ2n) is 6.10. The lowest BCUT2D eigenvalue weighted by atomic mass is 10.1. The van der Waals surface area contributed by atoms with Crippen LogP contribution in [0.4, 0.5) is 0 Å². The molecule has 1 aliphatic heterocycles. The number of likely N-dealkylation sites (tertiary alicyclic amines) is 1. The lowest BCUT2D eigenvalue weighted by molar-refractivity contribution is 0.0683. The maximum atomic E-state index is 11.4. The van der Waals surface area contributed by atoms with E-state index < -0.39 is 6.10 Å². The molecule has 0 saturated carbocycles. The lowest BCUT2D eigenvalue weighted by Crippen LogP contribution is -2.36. The summed E-state index contributed by atoms with van der Waals surface area (Å²) in [5, 5.41) is 10.2. The minimum Gasteiger partial charge on any atom is -0.493 e. The minimum atomic E-state index is -0.537. The number of benzene rings is 1. The van der Waals surface area contributed by atoms with Gasteiger partial charge in [0.15, 0.2) is 17.3 Å². The van der Waals surface area contributed by atoms with Crippen molar-refractivity contribution in [1.82, 2.24) is 4.90 Å². The number of Topliss-reactive ketones (excluding diaryl/α,β-unsaturated/α-hetero) is 1. The van der Waals surface area contributed by atoms with E-state index in [1.165, 1.54) is 32.6 Å². The molecule has 23 heavy (non-hydrogen) atoms. The van der Waals surface area contributed by atoms with Crippen molar-refractivity contribution in [3.8, 4) is 11.5 Å². The Hall–Kier alpha value is -1.59. The van der Waals surface area contributed by atoms with E-state index in [1.807, 2.05) is 0 Å². The van der Waals surface area contributed by atoms with Crippen LogP contribution >= 0.6 is 0 Å². The van der Waals surface area contributed by atoms with Crippen LogP contribution in [0.5, 0.6) is 11.5 Å². The largest absolute Gasteiger partial charge is 0.493 e. The Morgan fingerprint density at radius 2 is 1.91 bits per heavy atom. The summed E-state index contributed by atoms with van der Waals surface area (Å²) >= 11 is 0. The molecule has 5 nitrogen and oxygen atoms in total. The third kappa shape index (κ3) is 5.52. The van der Waals surface area contributed by atoms with E-state index in [0.717, 1.165) is 13.1 Å². The van der Waals surface area contributed by atoms with Gasteiger partial charge in [-0.05, 0) is 51.1 Å². The highest BCUT2D eigenvalue weighted by Crippen LogP contribution is 2.28. The van der Waals surface area contributed by atoms with Gasteiger partial charge in [0, 0.05) is 12.1 Å². The Kier molecular flexibility index (Phi) is 6.86. The average molecular weight is 321 g/mol. The maximum absolute atomic E-state index is 11.4. The quantitative estimate of drug-likeness (QED) is 0.782. The van der Waals surface area contributed by atoms with Gasteiger partial charge in [0.05, 0.1) is 7.11 Å². The highest BCUT2D eigenvalue weighted by molar-refractivity contribution is 5.94. The van der Waals surface area contributed by atoms with Gasteiger partial charge in [0.2, 0.25) is 0 Å². The van der Waals surface area contributed by atoms with E-state index in [9.17, 15) is 9.90 Å². The second kappa shape index (κ2) is 8.89. The molecule has 1 aliphatic rings. The Morgan fingerprint density at radius 1 is 1.22 bits per heavy atom. The fourth-order valence-electron chi connectivity index (χ4n) is 2.86. The number of nitrogens with zero attached hydrogens (tertiary/aromatic N) is 1. The van der Waals surface area contributed by atoms with Crippen LogP contribution in [0.3, 0.4) is 0 Å². The number of methoxy groups -OCH3 is 1. The Labute approximate surface area is 138 Å². The molecule has 1 N–H and O–H groups in total. The van der Waals surface area contributed by atoms with Crippen LogP contribution in [-0.4, -0.2) is 55.2 Å². The molecule has 1 aromatic rings. The molecule has 1 fully saturated rings. The number of aliphatic hydroxyl groups excluding tert-OH is 1. The van der Waals surface area contributed by atoms with E-state index in [2.05, 4.69) is 4.90 Å². The first kappa shape index (κ1) is 17.8. The summed E-state index contributed by atoms with van der Waals surface area (Å²) in [6.07, 6.45) is 4.43. The smallest absolute Gasteiger partial charge is 0.161 e. The first-order valence-electron chi connectivity index (χ1n) is 8.32. The van der Waals surface area contributed by atoms with Crippen molar-refractivity contribution in [2.24, 2.45) is 0 Å². The van der Waals surface area contributed by atoms with Crippen molar-refractivity contribution in [1.29, 1.82) is 0 Å². The molecule has 1 heterocycles. The van der Waals surface area contributed by atoms with Gasteiger partial charge in [-0.3, -0.25) is 4.79 Å². The number of carbonyl (C=O) groups excluding carboxylic acids is 1. The summed E-state index contributed by atoms with van der Waals surface area (Å²) < 4.78 is 11.0. The van der Waals surface area contributed by atoms with Crippen molar-refractivity contribution in [3.63, 3.8) is 0 Å². The van der Waals surface area contributed by atoms with Crippen LogP contribution in [0.25, 0.3) is 0 Å². The molecule has 5 heteroatoms. The Morgan fingerprint density at radius 3 is 2.52 bits per heavy atom. The van der Waals surface area contributed by atoms with Gasteiger partial charge < -0.3 is 19.5 Å². The Bertz CT molecular complexity index is 510. The van der Waals surface area contributed by atoms with E-state index in [-0.39, 0.29) is 12.4 Å². The molecule has 1 atom stereocenters. The van der Waals surface area contributed by atoms with Crippen LogP contribution in [-0.2, 0) is 0 Å². The molecule has 0 aliphatic carbocycles. The number of hydrogen-bond donors (Lipinski definition) is 1. The van der Waals surface area contributed by atoms with Gasteiger partial charge in [-0.15, -0.1) is 0 Å². The molecule has 2 rings (SSSR count). The number of ether oxygens (including phenoxy) is 2. The average Bonchev–Trinajstić information content (AvgIpc) is 2.81. The predicted molar refractivity (Wildman–Crippen MR) is 89.4 cm³/mol. The molecule has 1 aromatic carbocycles. The number of ketones is 1. The molecule has 0 spiro atoms. The molecular formula is C18H27NO4. The van der Waals surface area contributed by atoms with E-state index >= 15 is 0 Å². The maximum Gasteiger partial charge on any atom is 0.161 e. The summed E-state index contributed by atoms with van der Waals surface area (Å²) in [5.41, 5.74) is 0.583. The number of β-amino-alcohol motifs (C(OH)–C–C–N with tert-alkyl or cyclic N) is 1. The normalized spacial score (nSPS) is 17.3. The lowest BCUT2D eigenvalue weighted by Gasteiger charge is -2.23. The van der Waals surface area contributed by atoms with Gasteiger partial charge in [0.1, 0.15) is 12.7 Å². The predicted octanol–water partition coefficient (Wildman–Crippen LogP) is 2.51. The van der Waals surface area contributed by atoms with E-state index in [0.29, 0.717) is 23.6 Å². The highest BCUT2D eigenvalue weighted by Gasteiger charge is 2.15. The molecule has 1 saturated heterocycles. The van der Waals surface area contributed by atoms with Gasteiger partial charge in [-0.25, -0.2) is 0 Å². The zero-order chi connectivity index (χ0) is 16.7. The third-order valence-corrected chi connectivity index (χ3v) is 4.17. The van der Waals surface area contributed by atoms with Crippen molar-refractivity contribution in [2.75, 3.05) is 33.4 Å². The van der Waals surface area contributed by atoms with Gasteiger partial charge >= 0.3 is 0 Å². The summed E-state index contributed by atoms with van der Waals surface area (Å²) in [4.78, 5) is 13.7. The summed E-state index contributed by atoms with van der Waals surface area (Å²) in [5.74, 6) is 1.04. The Balaban J connectivity index is 1.87. The van der Waals surface area contributed by atoms with Crippen LogP contribution < -0.4 is 9.47 Å². The molecule has 0 radical (unpaired) electrons. The first-order valence-corrected chi connectivity index (χ1v) is 8.32. The van der Waals surface area contributed by atoms with Crippen molar-refractivity contribution in [3.05, 3.63) is 23.8 Å². The number of hydrogen-bond acceptors (Lipinski definition) is 5. The number of carbonyl (C=O) groups is 1. The summed E-state index contributed by atoms with van der Waals surface area (Å²) in [6.45, 7) is 4.46. The van der Waals surface area contributed by atoms with Crippen LogP contribution in [0.2, 0.25) is 0 Å². The van der Waals surface area contributed by atoms with Crippen molar-refractivity contribution in [2.45, 2.75) is 38.7 Å². The zero-order valence-corrected chi connectivity index (χ0v) is 14.1. The molecule has 128 valence electrons. The fourth-order valence-corrected chi connectivity index (χ4v) is 2.86. The van der Waals surface area contributed by atoms with Crippen LogP contribution in [0, 0.1) is 0 Å². The highest BCUT2D eigenvalue weighted by atomic mass is 16.5. The molecule has 0 unspecified atom stereocenters. The molecule has 0 aromatic heterocycles. The SMILES string of the molecule is COc1cc(C(C)=O)ccc1OC[C@@H](O)CN1CCCCCC1. The van der Waals surface area contributed by atoms with Crippen LogP contribution in [0.15, 0.2) is 18.2 Å². The fraction of sp³-hybridized carbons (Fsp3) is 0.611. The molecular weight excluding hydrogens is 294 g/mol. The van der Waals surface area contributed by atoms with Gasteiger partial charge in [-0.1, -0.05) is 12.8 Å². The van der Waals surface area contributed by atoms with Gasteiger partial charge in [0.25, 0.3) is 0 Å². The summed E-state index contributed by atoms with van der Waals surface area (Å²) in [7, 11) is 1.54. The van der Waals surface area contributed by atoms with Crippen LogP contribution in [0.1, 0.15) is 43.0 Å². The second-order valence-corrected chi connectivity index (χ2v) is 6.10. The standard InChI is InChI=1S/C18H27NO4/c1-14(20)15-7-8-17(18(11-15)22-2)23-13-16(21)12-19-9-5-3-4-6-10-19/h7-8,11,16,21H,3-6,9-10,12-13H2,1-2H3/t16-/m0/s1.